The van der Waals surface area contributed by atoms with Gasteiger partial charge in [0.25, 0.3) is 0 Å². The summed E-state index contributed by atoms with van der Waals surface area (Å²) in [7, 11) is -3.90. The predicted molar refractivity (Wildman–Crippen MR) is 49.6 cm³/mol. The van der Waals surface area contributed by atoms with E-state index in [4.69, 9.17) is 0 Å². The summed E-state index contributed by atoms with van der Waals surface area (Å²) in [6, 6.07) is 6.73. The zero-order chi connectivity index (χ0) is 9.90. The summed E-state index contributed by atoms with van der Waals surface area (Å²) in [5, 5.41) is 4.69. The molecule has 0 saturated carbocycles. The summed E-state index contributed by atoms with van der Waals surface area (Å²) in [4.78, 5) is 0. The van der Waals surface area contributed by atoms with Crippen LogP contribution in [0.5, 0.6) is 5.75 Å². The Hall–Kier alpha value is -1.07. The smallest absolute Gasteiger partial charge is 0.371 e. The number of hydrogen-bond donors (Lipinski definition) is 1. The van der Waals surface area contributed by atoms with E-state index in [1.54, 1.807) is 24.3 Å². The van der Waals surface area contributed by atoms with Gasteiger partial charge in [0.05, 0.1) is 0 Å². The molecule has 0 aliphatic rings. The Morgan fingerprint density at radius 3 is 2.23 bits per heavy atom. The summed E-state index contributed by atoms with van der Waals surface area (Å²) >= 11 is 0. The van der Waals surface area contributed by atoms with Crippen LogP contribution in [0, 0.1) is 0 Å². The lowest BCUT2D eigenvalue weighted by molar-refractivity contribution is 0.487. The quantitative estimate of drug-likeness (QED) is 0.787. The van der Waals surface area contributed by atoms with Crippen LogP contribution in [0.1, 0.15) is 12.5 Å². The second-order valence-corrected chi connectivity index (χ2v) is 3.73. The molecule has 0 radical (unpaired) electrons. The van der Waals surface area contributed by atoms with Gasteiger partial charge in [-0.15, -0.1) is 0 Å². The van der Waals surface area contributed by atoms with Gasteiger partial charge in [0.2, 0.25) is 0 Å². The highest BCUT2D eigenvalue weighted by Gasteiger charge is 2.03. The molecule has 1 aromatic rings. The average molecular weight is 201 g/mol. The van der Waals surface area contributed by atoms with Crippen molar-refractivity contribution < 1.29 is 12.6 Å². The Labute approximate surface area is 77.6 Å². The van der Waals surface area contributed by atoms with Gasteiger partial charge in [0.1, 0.15) is 5.75 Å². The molecule has 1 rings (SSSR count). The summed E-state index contributed by atoms with van der Waals surface area (Å²) < 4.78 is 25.5. The van der Waals surface area contributed by atoms with Crippen LogP contribution < -0.4 is 9.32 Å². The van der Waals surface area contributed by atoms with Gasteiger partial charge in [-0.25, -0.2) is 0 Å². The highest BCUT2D eigenvalue weighted by molar-refractivity contribution is 7.84. The van der Waals surface area contributed by atoms with Crippen LogP contribution in [0.15, 0.2) is 24.3 Å². The third-order valence-electron chi connectivity index (χ3n) is 1.54. The molecule has 0 bridgehead atoms. The summed E-state index contributed by atoms with van der Waals surface area (Å²) in [5.41, 5.74) is 1.11. The van der Waals surface area contributed by atoms with Gasteiger partial charge in [0, 0.05) is 0 Å². The predicted octanol–water partition coefficient (Wildman–Crippen LogP) is 0.831. The molecule has 0 heterocycles. The molecule has 0 saturated heterocycles. The van der Waals surface area contributed by atoms with Gasteiger partial charge in [-0.05, 0) is 24.1 Å². The lowest BCUT2D eigenvalue weighted by Gasteiger charge is -2.02. The van der Waals surface area contributed by atoms with Crippen molar-refractivity contribution in [1.29, 1.82) is 0 Å². The van der Waals surface area contributed by atoms with Gasteiger partial charge in [-0.3, -0.25) is 0 Å². The van der Waals surface area contributed by atoms with Gasteiger partial charge < -0.3 is 4.18 Å². The molecule has 4 nitrogen and oxygen atoms in total. The van der Waals surface area contributed by atoms with E-state index >= 15 is 0 Å². The van der Waals surface area contributed by atoms with Crippen molar-refractivity contribution in [2.24, 2.45) is 5.14 Å². The van der Waals surface area contributed by atoms with Crippen molar-refractivity contribution in [3.05, 3.63) is 29.8 Å². The van der Waals surface area contributed by atoms with Crippen LogP contribution in [-0.2, 0) is 16.7 Å². The number of rotatable bonds is 3. The average Bonchev–Trinajstić information content (AvgIpc) is 2.03. The number of hydrogen-bond acceptors (Lipinski definition) is 3. The molecular formula is C8H11NO3S. The largest absolute Gasteiger partial charge is 0.380 e. The second kappa shape index (κ2) is 3.76. The SMILES string of the molecule is CCc1ccc(OS(N)(=O)=O)cc1. The van der Waals surface area contributed by atoms with E-state index in [-0.39, 0.29) is 5.75 Å². The lowest BCUT2D eigenvalue weighted by atomic mass is 10.2. The molecule has 13 heavy (non-hydrogen) atoms. The Balaban J connectivity index is 2.81. The lowest BCUT2D eigenvalue weighted by Crippen LogP contribution is -2.18. The standard InChI is InChI=1S/C8H11NO3S/c1-2-7-3-5-8(6-4-7)12-13(9,10)11/h3-6H,2H2,1H3,(H2,9,10,11). The first-order valence-corrected chi connectivity index (χ1v) is 5.29. The van der Waals surface area contributed by atoms with Crippen molar-refractivity contribution in [2.75, 3.05) is 0 Å². The second-order valence-electron chi connectivity index (χ2n) is 2.57. The fourth-order valence-electron chi connectivity index (χ4n) is 0.915. The van der Waals surface area contributed by atoms with E-state index < -0.39 is 10.3 Å². The maximum absolute atomic E-state index is 10.5. The Bertz CT molecular complexity index is 369. The minimum atomic E-state index is -3.90. The minimum absolute atomic E-state index is 0.236. The van der Waals surface area contributed by atoms with Crippen LogP contribution >= 0.6 is 0 Å². The van der Waals surface area contributed by atoms with Crippen LogP contribution in [0.4, 0.5) is 0 Å². The van der Waals surface area contributed by atoms with Crippen molar-refractivity contribution in [2.45, 2.75) is 13.3 Å². The first kappa shape index (κ1) is 10.0. The minimum Gasteiger partial charge on any atom is -0.371 e. The molecule has 2 N–H and O–H groups in total. The molecule has 0 atom stereocenters. The van der Waals surface area contributed by atoms with E-state index in [2.05, 4.69) is 9.32 Å². The molecule has 0 amide bonds. The molecule has 0 unspecified atom stereocenters. The fourth-order valence-corrected chi connectivity index (χ4v) is 1.29. The van der Waals surface area contributed by atoms with Crippen molar-refractivity contribution >= 4 is 10.3 Å². The van der Waals surface area contributed by atoms with Crippen molar-refractivity contribution in [3.63, 3.8) is 0 Å². The third-order valence-corrected chi connectivity index (χ3v) is 1.97. The molecular weight excluding hydrogens is 190 g/mol. The highest BCUT2D eigenvalue weighted by atomic mass is 32.2. The van der Waals surface area contributed by atoms with Crippen LogP contribution in [0.2, 0.25) is 0 Å². The topological polar surface area (TPSA) is 69.4 Å². The maximum atomic E-state index is 10.5. The van der Waals surface area contributed by atoms with E-state index in [0.717, 1.165) is 12.0 Å². The zero-order valence-corrected chi connectivity index (χ0v) is 8.04. The Morgan fingerprint density at radius 2 is 1.85 bits per heavy atom. The first-order valence-electron chi connectivity index (χ1n) is 3.82. The number of nitrogens with two attached hydrogens (primary N) is 1. The third kappa shape index (κ3) is 3.43. The van der Waals surface area contributed by atoms with Crippen LogP contribution in [0.3, 0.4) is 0 Å². The number of benzene rings is 1. The van der Waals surface area contributed by atoms with E-state index in [1.165, 1.54) is 0 Å². The summed E-state index contributed by atoms with van der Waals surface area (Å²) in [6.07, 6.45) is 0.898. The molecule has 0 fully saturated rings. The molecule has 1 aromatic carbocycles. The molecule has 5 heteroatoms. The summed E-state index contributed by atoms with van der Waals surface area (Å²) in [5.74, 6) is 0.236. The van der Waals surface area contributed by atoms with E-state index in [9.17, 15) is 8.42 Å². The van der Waals surface area contributed by atoms with Gasteiger partial charge >= 0.3 is 10.3 Å². The molecule has 72 valence electrons. The Kier molecular flexibility index (Phi) is 2.90. The van der Waals surface area contributed by atoms with Crippen molar-refractivity contribution in [3.8, 4) is 5.75 Å². The molecule has 0 aromatic heterocycles. The fraction of sp³-hybridized carbons (Fsp3) is 0.250. The summed E-state index contributed by atoms with van der Waals surface area (Å²) in [6.45, 7) is 2.01. The molecule has 0 aliphatic heterocycles. The van der Waals surface area contributed by atoms with Crippen LogP contribution in [0.25, 0.3) is 0 Å². The van der Waals surface area contributed by atoms with E-state index in [1.807, 2.05) is 6.92 Å². The normalized spacial score (nSPS) is 11.2. The Morgan fingerprint density at radius 1 is 1.31 bits per heavy atom. The van der Waals surface area contributed by atoms with Crippen molar-refractivity contribution in [1.82, 2.24) is 0 Å². The van der Waals surface area contributed by atoms with Gasteiger partial charge in [-0.1, -0.05) is 19.1 Å². The maximum Gasteiger partial charge on any atom is 0.380 e. The van der Waals surface area contributed by atoms with E-state index in [0.29, 0.717) is 0 Å². The number of aryl methyl sites for hydroxylation is 1. The first-order chi connectivity index (χ1) is 6.01. The molecule has 0 spiro atoms. The van der Waals surface area contributed by atoms with Crippen LogP contribution in [-0.4, -0.2) is 8.42 Å². The zero-order valence-electron chi connectivity index (χ0n) is 7.23. The monoisotopic (exact) mass is 201 g/mol. The molecule has 0 aliphatic carbocycles. The highest BCUT2D eigenvalue weighted by Crippen LogP contribution is 2.13. The van der Waals surface area contributed by atoms with Gasteiger partial charge in [-0.2, -0.15) is 13.6 Å². The van der Waals surface area contributed by atoms with Gasteiger partial charge in [0.15, 0.2) is 0 Å².